The molecule has 0 aliphatic rings. The Bertz CT molecular complexity index is 1340. The summed E-state index contributed by atoms with van der Waals surface area (Å²) in [4.78, 5) is 32.0. The fourth-order valence-corrected chi connectivity index (χ4v) is 3.08. The van der Waals surface area contributed by atoms with Crippen LogP contribution in [-0.4, -0.2) is 53.5 Å². The van der Waals surface area contributed by atoms with Crippen LogP contribution < -0.4 is 22.2 Å². The molecule has 160 valence electrons. The van der Waals surface area contributed by atoms with Gasteiger partial charge in [-0.3, -0.25) is 14.0 Å². The lowest BCUT2D eigenvalue weighted by Crippen LogP contribution is -2.30. The van der Waals surface area contributed by atoms with Crippen LogP contribution in [-0.2, 0) is 6.54 Å². The maximum absolute atomic E-state index is 11.8. The Labute approximate surface area is 181 Å². The Morgan fingerprint density at radius 2 is 1.84 bits per heavy atom. The van der Waals surface area contributed by atoms with Gasteiger partial charge in [0.05, 0.1) is 5.56 Å². The normalized spacial score (nSPS) is 10.8. The predicted molar refractivity (Wildman–Crippen MR) is 115 cm³/mol. The largest absolute Gasteiger partial charge is 0.488 e. The second kappa shape index (κ2) is 8.41. The van der Waals surface area contributed by atoms with Crippen molar-refractivity contribution >= 4 is 35.9 Å². The van der Waals surface area contributed by atoms with Crippen LogP contribution in [0, 0.1) is 0 Å². The maximum Gasteiger partial charge on any atom is 0.488 e. The molecular formula is C19H17BN8O4. The van der Waals surface area contributed by atoms with Crippen molar-refractivity contribution in [2.75, 3.05) is 5.32 Å². The zero-order valence-corrected chi connectivity index (χ0v) is 16.5. The lowest BCUT2D eigenvalue weighted by atomic mass is 9.80. The number of hydrogen-bond donors (Lipinski definition) is 5. The Morgan fingerprint density at radius 1 is 1.03 bits per heavy atom. The molecule has 0 bridgehead atoms. The minimum atomic E-state index is -1.59. The lowest BCUT2D eigenvalue weighted by Gasteiger charge is -2.10. The average molecular weight is 432 g/mol. The van der Waals surface area contributed by atoms with Crippen LogP contribution in [0.15, 0.2) is 48.7 Å². The molecule has 7 N–H and O–H groups in total. The van der Waals surface area contributed by atoms with Crippen molar-refractivity contribution in [1.82, 2.24) is 24.6 Å². The second-order valence-corrected chi connectivity index (χ2v) is 6.80. The molecule has 4 rings (SSSR count). The molecule has 0 aliphatic carbocycles. The van der Waals surface area contributed by atoms with Gasteiger partial charge >= 0.3 is 7.12 Å². The van der Waals surface area contributed by atoms with Crippen molar-refractivity contribution in [3.05, 3.63) is 65.5 Å². The van der Waals surface area contributed by atoms with Gasteiger partial charge in [-0.15, -0.1) is 10.2 Å². The van der Waals surface area contributed by atoms with Gasteiger partial charge in [-0.25, -0.2) is 9.97 Å². The quantitative estimate of drug-likeness (QED) is 0.220. The molecule has 4 aromatic rings. The number of primary amides is 2. The monoisotopic (exact) mass is 432 g/mol. The fraction of sp³-hybridized carbons (Fsp3) is 0.0526. The zero-order chi connectivity index (χ0) is 22.8. The molecule has 1 aromatic carbocycles. The molecule has 0 radical (unpaired) electrons. The van der Waals surface area contributed by atoms with E-state index < -0.39 is 18.9 Å². The Balaban J connectivity index is 1.71. The number of nitrogens with one attached hydrogen (secondary N) is 1. The van der Waals surface area contributed by atoms with Gasteiger partial charge in [0.1, 0.15) is 11.5 Å². The van der Waals surface area contributed by atoms with Gasteiger partial charge in [0, 0.05) is 18.8 Å². The van der Waals surface area contributed by atoms with Crippen LogP contribution in [0.1, 0.15) is 26.4 Å². The molecule has 0 spiro atoms. The Kier molecular flexibility index (Phi) is 5.49. The van der Waals surface area contributed by atoms with Crippen molar-refractivity contribution in [2.45, 2.75) is 6.54 Å². The van der Waals surface area contributed by atoms with Gasteiger partial charge in [-0.05, 0) is 23.2 Å². The molecule has 0 saturated carbocycles. The summed E-state index contributed by atoms with van der Waals surface area (Å²) in [5.74, 6) is -0.925. The second-order valence-electron chi connectivity index (χ2n) is 6.80. The molecular weight excluding hydrogens is 415 g/mol. The number of hydrogen-bond acceptors (Lipinski definition) is 9. The zero-order valence-electron chi connectivity index (χ0n) is 16.5. The van der Waals surface area contributed by atoms with Crippen molar-refractivity contribution in [3.63, 3.8) is 0 Å². The maximum atomic E-state index is 11.8. The molecule has 2 amide bonds. The van der Waals surface area contributed by atoms with Crippen molar-refractivity contribution < 1.29 is 19.6 Å². The van der Waals surface area contributed by atoms with Gasteiger partial charge in [-0.2, -0.15) is 0 Å². The predicted octanol–water partition coefficient (Wildman–Crippen LogP) is -1.32. The van der Waals surface area contributed by atoms with E-state index in [1.54, 1.807) is 36.5 Å². The summed E-state index contributed by atoms with van der Waals surface area (Å²) in [5.41, 5.74) is 12.2. The summed E-state index contributed by atoms with van der Waals surface area (Å²) in [5, 5.41) is 29.7. The van der Waals surface area contributed by atoms with Crippen LogP contribution in [0.2, 0.25) is 0 Å². The molecule has 0 fully saturated rings. The number of nitrogens with zero attached hydrogens (tertiary/aromatic N) is 5. The molecule has 32 heavy (non-hydrogen) atoms. The van der Waals surface area contributed by atoms with Gasteiger partial charge in [0.25, 0.3) is 11.8 Å². The first-order chi connectivity index (χ1) is 15.3. The molecule has 0 unspecified atom stereocenters. The van der Waals surface area contributed by atoms with E-state index in [-0.39, 0.29) is 40.9 Å². The molecule has 0 aliphatic heterocycles. The molecule has 0 saturated heterocycles. The summed E-state index contributed by atoms with van der Waals surface area (Å²) in [6, 6.07) is 11.2. The minimum Gasteiger partial charge on any atom is -0.423 e. The SMILES string of the molecule is NC(=O)c1cc(NCc2cccc(B(O)O)c2)nc(-c2nnc3c(C(N)=O)cccn23)n1. The van der Waals surface area contributed by atoms with Crippen molar-refractivity contribution in [3.8, 4) is 11.6 Å². The third kappa shape index (κ3) is 4.10. The van der Waals surface area contributed by atoms with E-state index in [2.05, 4.69) is 25.5 Å². The Hall–Kier alpha value is -4.36. The molecule has 12 nitrogen and oxygen atoms in total. The molecule has 0 atom stereocenters. The first-order valence-corrected chi connectivity index (χ1v) is 9.35. The van der Waals surface area contributed by atoms with Gasteiger partial charge in [-0.1, -0.05) is 24.3 Å². The number of fused-ring (bicyclic) bond motifs is 1. The van der Waals surface area contributed by atoms with E-state index >= 15 is 0 Å². The summed E-state index contributed by atoms with van der Waals surface area (Å²) in [6.07, 6.45) is 1.61. The van der Waals surface area contributed by atoms with E-state index in [1.165, 1.54) is 16.5 Å². The van der Waals surface area contributed by atoms with Gasteiger partial charge < -0.3 is 26.8 Å². The third-order valence-electron chi connectivity index (χ3n) is 4.60. The van der Waals surface area contributed by atoms with E-state index in [4.69, 9.17) is 11.5 Å². The van der Waals surface area contributed by atoms with Gasteiger partial charge in [0.15, 0.2) is 5.65 Å². The van der Waals surface area contributed by atoms with E-state index in [0.29, 0.717) is 5.46 Å². The highest BCUT2D eigenvalue weighted by molar-refractivity contribution is 6.58. The Morgan fingerprint density at radius 3 is 2.56 bits per heavy atom. The summed E-state index contributed by atoms with van der Waals surface area (Å²) >= 11 is 0. The first-order valence-electron chi connectivity index (χ1n) is 9.35. The number of nitrogens with two attached hydrogens (primary N) is 2. The van der Waals surface area contributed by atoms with Crippen LogP contribution in [0.4, 0.5) is 5.82 Å². The topological polar surface area (TPSA) is 195 Å². The van der Waals surface area contributed by atoms with Crippen molar-refractivity contribution in [1.29, 1.82) is 0 Å². The number of aromatic nitrogens is 5. The van der Waals surface area contributed by atoms with Crippen LogP contribution >= 0.6 is 0 Å². The fourth-order valence-electron chi connectivity index (χ4n) is 3.08. The summed E-state index contributed by atoms with van der Waals surface area (Å²) in [6.45, 7) is 0.265. The number of pyridine rings is 1. The van der Waals surface area contributed by atoms with Crippen LogP contribution in [0.25, 0.3) is 17.3 Å². The number of anilines is 1. The summed E-state index contributed by atoms with van der Waals surface area (Å²) < 4.78 is 1.48. The van der Waals surface area contributed by atoms with Crippen LogP contribution in [0.5, 0.6) is 0 Å². The van der Waals surface area contributed by atoms with Crippen molar-refractivity contribution in [2.24, 2.45) is 11.5 Å². The highest BCUT2D eigenvalue weighted by Gasteiger charge is 2.18. The highest BCUT2D eigenvalue weighted by Crippen LogP contribution is 2.19. The van der Waals surface area contributed by atoms with E-state index in [9.17, 15) is 19.6 Å². The van der Waals surface area contributed by atoms with Gasteiger partial charge in [0.2, 0.25) is 11.6 Å². The average Bonchev–Trinajstić information content (AvgIpc) is 3.21. The number of benzene rings is 1. The standard InChI is InChI=1S/C19H17BN8O4/c21-15(29)12-5-2-6-28-18(12)26-27-19(28)17-24-13(16(22)30)8-14(25-17)23-9-10-3-1-4-11(7-10)20(31)32/h1-8,31-32H,9H2,(H2,21,29)(H2,22,30)(H,23,24,25). The lowest BCUT2D eigenvalue weighted by molar-refractivity contribution is 0.0989. The van der Waals surface area contributed by atoms with Crippen LogP contribution in [0.3, 0.4) is 0 Å². The minimum absolute atomic E-state index is 0.0532. The van der Waals surface area contributed by atoms with E-state index in [1.807, 2.05) is 0 Å². The number of rotatable bonds is 7. The third-order valence-corrected chi connectivity index (χ3v) is 4.60. The number of carbonyl (C=O) groups is 2. The smallest absolute Gasteiger partial charge is 0.423 e. The summed E-state index contributed by atoms with van der Waals surface area (Å²) in [7, 11) is -1.59. The molecule has 3 heterocycles. The molecule has 3 aromatic heterocycles. The van der Waals surface area contributed by atoms with E-state index in [0.717, 1.165) is 5.56 Å². The highest BCUT2D eigenvalue weighted by atomic mass is 16.4. The molecule has 13 heteroatoms. The number of amides is 2. The number of carbonyl (C=O) groups excluding carboxylic acids is 2. The first kappa shape index (κ1) is 20.9.